The predicted octanol–water partition coefficient (Wildman–Crippen LogP) is 2.12. The number of nitrogens with one attached hydrogen (secondary N) is 2. The number of nitrogens with zero attached hydrogens (tertiary/aromatic N) is 1. The molecule has 2 N–H and O–H groups in total. The molecule has 0 saturated heterocycles. The van der Waals surface area contributed by atoms with Crippen molar-refractivity contribution in [3.63, 3.8) is 0 Å². The van der Waals surface area contributed by atoms with Gasteiger partial charge in [0.25, 0.3) is 0 Å². The van der Waals surface area contributed by atoms with Gasteiger partial charge in [-0.1, -0.05) is 0 Å². The molecule has 5 rings (SSSR count). The van der Waals surface area contributed by atoms with Crippen molar-refractivity contribution < 1.29 is 0 Å². The lowest BCUT2D eigenvalue weighted by molar-refractivity contribution is -0.0104. The van der Waals surface area contributed by atoms with Crippen LogP contribution in [0.4, 0.5) is 0 Å². The van der Waals surface area contributed by atoms with Crippen molar-refractivity contribution in [2.75, 3.05) is 13.1 Å². The van der Waals surface area contributed by atoms with Crippen LogP contribution in [0, 0.1) is 17.8 Å². The topological polar surface area (TPSA) is 36.4 Å². The SMILES string of the molecule is C1CNC(NC23CC4CC(CC(C4)C2)C3)=N1.I. The van der Waals surface area contributed by atoms with Crippen LogP contribution in [0.15, 0.2) is 4.99 Å². The van der Waals surface area contributed by atoms with Gasteiger partial charge in [-0.2, -0.15) is 0 Å². The minimum Gasteiger partial charge on any atom is -0.355 e. The van der Waals surface area contributed by atoms with Crippen LogP contribution in [0.3, 0.4) is 0 Å². The van der Waals surface area contributed by atoms with Crippen molar-refractivity contribution in [2.45, 2.75) is 44.1 Å². The van der Waals surface area contributed by atoms with E-state index in [2.05, 4.69) is 15.6 Å². The Labute approximate surface area is 120 Å². The highest BCUT2D eigenvalue weighted by atomic mass is 127. The lowest BCUT2D eigenvalue weighted by Crippen LogP contribution is -2.61. The second kappa shape index (κ2) is 4.28. The van der Waals surface area contributed by atoms with Gasteiger partial charge in [-0.15, -0.1) is 24.0 Å². The van der Waals surface area contributed by atoms with E-state index in [1.54, 1.807) is 0 Å². The molecule has 0 atom stereocenters. The standard InChI is InChI=1S/C13H21N3.HI/c1-2-15-12(14-1)16-13-6-9-3-10(7-13)5-11(4-9)8-13;/h9-11H,1-8H2,(H2,14,15,16);1H. The Morgan fingerprint density at radius 3 is 2.12 bits per heavy atom. The Morgan fingerprint density at radius 2 is 1.65 bits per heavy atom. The third-order valence-electron chi connectivity index (χ3n) is 5.10. The molecule has 4 bridgehead atoms. The Morgan fingerprint density at radius 1 is 1.06 bits per heavy atom. The number of rotatable bonds is 1. The van der Waals surface area contributed by atoms with E-state index in [9.17, 15) is 0 Å². The Bertz CT molecular complexity index is 304. The van der Waals surface area contributed by atoms with Crippen LogP contribution >= 0.6 is 24.0 Å². The Kier molecular flexibility index (Phi) is 3.04. The van der Waals surface area contributed by atoms with E-state index >= 15 is 0 Å². The molecule has 4 aliphatic carbocycles. The lowest BCUT2D eigenvalue weighted by atomic mass is 9.53. The molecule has 5 aliphatic rings. The minimum absolute atomic E-state index is 0. The van der Waals surface area contributed by atoms with Gasteiger partial charge in [0, 0.05) is 12.1 Å². The van der Waals surface area contributed by atoms with Crippen molar-refractivity contribution in [3.05, 3.63) is 0 Å². The monoisotopic (exact) mass is 347 g/mol. The molecule has 1 heterocycles. The van der Waals surface area contributed by atoms with E-state index < -0.39 is 0 Å². The van der Waals surface area contributed by atoms with E-state index in [0.717, 1.165) is 36.8 Å². The maximum Gasteiger partial charge on any atom is 0.191 e. The van der Waals surface area contributed by atoms with Gasteiger partial charge in [-0.25, -0.2) is 0 Å². The van der Waals surface area contributed by atoms with Crippen LogP contribution in [-0.2, 0) is 0 Å². The van der Waals surface area contributed by atoms with Gasteiger partial charge in [0.05, 0.1) is 6.54 Å². The second-order valence-corrected chi connectivity index (χ2v) is 6.48. The molecule has 4 heteroatoms. The summed E-state index contributed by atoms with van der Waals surface area (Å²) in [5, 5.41) is 7.13. The first-order valence-electron chi connectivity index (χ1n) is 6.88. The van der Waals surface area contributed by atoms with Gasteiger partial charge < -0.3 is 10.6 Å². The number of guanidine groups is 1. The van der Waals surface area contributed by atoms with E-state index in [1.165, 1.54) is 38.5 Å². The molecule has 4 fully saturated rings. The van der Waals surface area contributed by atoms with E-state index in [4.69, 9.17) is 0 Å². The first-order chi connectivity index (χ1) is 7.81. The smallest absolute Gasteiger partial charge is 0.191 e. The molecule has 0 spiro atoms. The van der Waals surface area contributed by atoms with Gasteiger partial charge >= 0.3 is 0 Å². The van der Waals surface area contributed by atoms with Crippen LogP contribution in [0.5, 0.6) is 0 Å². The summed E-state index contributed by atoms with van der Waals surface area (Å²) in [6.45, 7) is 1.98. The predicted molar refractivity (Wildman–Crippen MR) is 79.8 cm³/mol. The summed E-state index contributed by atoms with van der Waals surface area (Å²) < 4.78 is 0. The molecule has 1 aliphatic heterocycles. The zero-order valence-electron chi connectivity index (χ0n) is 10.2. The van der Waals surface area contributed by atoms with Crippen LogP contribution in [-0.4, -0.2) is 24.6 Å². The number of halogens is 1. The summed E-state index contributed by atoms with van der Waals surface area (Å²) >= 11 is 0. The van der Waals surface area contributed by atoms with Crippen molar-refractivity contribution >= 4 is 29.9 Å². The molecule has 0 aromatic carbocycles. The summed E-state index contributed by atoms with van der Waals surface area (Å²) in [5.74, 6) is 4.13. The highest BCUT2D eigenvalue weighted by molar-refractivity contribution is 14.0. The van der Waals surface area contributed by atoms with Crippen LogP contribution in [0.1, 0.15) is 38.5 Å². The molecule has 0 aromatic rings. The van der Waals surface area contributed by atoms with Gasteiger partial charge in [-0.05, 0) is 56.3 Å². The van der Waals surface area contributed by atoms with Crippen molar-refractivity contribution in [2.24, 2.45) is 22.7 Å². The third kappa shape index (κ3) is 2.06. The fourth-order valence-electron chi connectivity index (χ4n) is 5.00. The van der Waals surface area contributed by atoms with Crippen molar-refractivity contribution in [3.8, 4) is 0 Å². The van der Waals surface area contributed by atoms with E-state index in [-0.39, 0.29) is 24.0 Å². The number of aliphatic imine (C=N–C) groups is 1. The molecule has 4 saturated carbocycles. The Hall–Kier alpha value is 0. The average Bonchev–Trinajstić information content (AvgIpc) is 2.66. The Balaban J connectivity index is 0.000000902. The molecular formula is C13H22IN3. The highest BCUT2D eigenvalue weighted by Gasteiger charge is 2.51. The van der Waals surface area contributed by atoms with E-state index in [0.29, 0.717) is 5.54 Å². The largest absolute Gasteiger partial charge is 0.355 e. The highest BCUT2D eigenvalue weighted by Crippen LogP contribution is 2.55. The van der Waals surface area contributed by atoms with Crippen molar-refractivity contribution in [1.82, 2.24) is 10.6 Å². The molecule has 96 valence electrons. The molecular weight excluding hydrogens is 325 g/mol. The number of hydrogen-bond acceptors (Lipinski definition) is 3. The minimum atomic E-state index is 0. The summed E-state index contributed by atoms with van der Waals surface area (Å²) in [6.07, 6.45) is 8.75. The maximum atomic E-state index is 4.51. The van der Waals surface area contributed by atoms with Crippen LogP contribution < -0.4 is 10.6 Å². The third-order valence-corrected chi connectivity index (χ3v) is 5.10. The molecule has 3 nitrogen and oxygen atoms in total. The first-order valence-corrected chi connectivity index (χ1v) is 6.88. The second-order valence-electron chi connectivity index (χ2n) is 6.48. The summed E-state index contributed by atoms with van der Waals surface area (Å²) in [7, 11) is 0. The van der Waals surface area contributed by atoms with Gasteiger partial charge in [0.15, 0.2) is 5.96 Å². The van der Waals surface area contributed by atoms with Gasteiger partial charge in [0.2, 0.25) is 0 Å². The fourth-order valence-corrected chi connectivity index (χ4v) is 5.00. The summed E-state index contributed by atoms with van der Waals surface area (Å²) in [5.41, 5.74) is 0.422. The fraction of sp³-hybridized carbons (Fsp3) is 0.923. The van der Waals surface area contributed by atoms with Gasteiger partial charge in [0.1, 0.15) is 0 Å². The van der Waals surface area contributed by atoms with E-state index in [1.807, 2.05) is 0 Å². The normalized spacial score (nSPS) is 46.1. The lowest BCUT2D eigenvalue weighted by Gasteiger charge is -2.57. The zero-order valence-corrected chi connectivity index (χ0v) is 12.6. The molecule has 0 unspecified atom stereocenters. The molecule has 0 radical (unpaired) electrons. The van der Waals surface area contributed by atoms with Crippen LogP contribution in [0.25, 0.3) is 0 Å². The average molecular weight is 347 g/mol. The van der Waals surface area contributed by atoms with Crippen molar-refractivity contribution in [1.29, 1.82) is 0 Å². The quantitative estimate of drug-likeness (QED) is 0.713. The molecule has 0 aromatic heterocycles. The molecule has 0 amide bonds. The van der Waals surface area contributed by atoms with Crippen LogP contribution in [0.2, 0.25) is 0 Å². The maximum absolute atomic E-state index is 4.51. The number of hydrogen-bond donors (Lipinski definition) is 2. The summed E-state index contributed by atoms with van der Waals surface area (Å²) in [4.78, 5) is 4.51. The van der Waals surface area contributed by atoms with Gasteiger partial charge in [-0.3, -0.25) is 4.99 Å². The molecule has 17 heavy (non-hydrogen) atoms. The first kappa shape index (κ1) is 12.1. The zero-order chi connectivity index (χ0) is 10.6. The summed E-state index contributed by atoms with van der Waals surface area (Å²) in [6, 6.07) is 0.